The largest absolute Gasteiger partial charge is 0.494 e. The van der Waals surface area contributed by atoms with E-state index >= 15 is 0 Å². The Morgan fingerprint density at radius 3 is 2.84 bits per heavy atom. The van der Waals surface area contributed by atoms with Crippen LogP contribution < -0.4 is 14.2 Å². The molecule has 1 heterocycles. The summed E-state index contributed by atoms with van der Waals surface area (Å²) in [6.07, 6.45) is 0.937. The Morgan fingerprint density at radius 2 is 2.12 bits per heavy atom. The quantitative estimate of drug-likeness (QED) is 0.831. The van der Waals surface area contributed by atoms with Crippen molar-refractivity contribution in [1.82, 2.24) is 4.72 Å². The lowest BCUT2D eigenvalue weighted by atomic mass is 10.1. The molecule has 2 aromatic carbocycles. The molecule has 0 bridgehead atoms. The number of hydrogen-bond acceptors (Lipinski definition) is 4. The topological polar surface area (TPSA) is 64.6 Å². The van der Waals surface area contributed by atoms with Gasteiger partial charge in [0.15, 0.2) is 0 Å². The van der Waals surface area contributed by atoms with Crippen molar-refractivity contribution in [3.63, 3.8) is 0 Å². The zero-order chi connectivity index (χ0) is 18.0. The second-order valence-corrected chi connectivity index (χ2v) is 8.12. The van der Waals surface area contributed by atoms with E-state index < -0.39 is 10.0 Å². The molecule has 0 fully saturated rings. The number of fused-ring (bicyclic) bond motifs is 1. The third-order valence-electron chi connectivity index (χ3n) is 3.94. The van der Waals surface area contributed by atoms with Crippen LogP contribution in [0.5, 0.6) is 11.5 Å². The smallest absolute Gasteiger partial charge is 0.240 e. The standard InChI is InChI=1S/C18H20ClNO4S/c1-3-23-17-8-13-7-12(2)24-18(13)9-14(17)11-20-25(21,22)16-6-4-5-15(19)10-16/h4-6,8-10,12,20H,3,7,11H2,1-2H3/t12-/m0/s1. The van der Waals surface area contributed by atoms with Crippen LogP contribution in [0.1, 0.15) is 25.0 Å². The number of nitrogens with one attached hydrogen (secondary N) is 1. The van der Waals surface area contributed by atoms with Gasteiger partial charge in [0.2, 0.25) is 10.0 Å². The molecule has 0 aliphatic carbocycles. The van der Waals surface area contributed by atoms with Gasteiger partial charge in [-0.2, -0.15) is 0 Å². The summed E-state index contributed by atoms with van der Waals surface area (Å²) in [5.41, 5.74) is 1.82. The Balaban J connectivity index is 1.84. The maximum Gasteiger partial charge on any atom is 0.240 e. The number of hydrogen-bond donors (Lipinski definition) is 1. The van der Waals surface area contributed by atoms with Gasteiger partial charge in [0.05, 0.1) is 11.5 Å². The van der Waals surface area contributed by atoms with Crippen LogP contribution in [0.2, 0.25) is 5.02 Å². The average molecular weight is 382 g/mol. The van der Waals surface area contributed by atoms with E-state index in [0.717, 1.165) is 23.3 Å². The molecule has 1 aliphatic rings. The van der Waals surface area contributed by atoms with Gasteiger partial charge in [-0.25, -0.2) is 13.1 Å². The zero-order valence-corrected chi connectivity index (χ0v) is 15.7. The molecule has 1 aliphatic heterocycles. The lowest BCUT2D eigenvalue weighted by Gasteiger charge is -2.13. The van der Waals surface area contributed by atoms with Crippen LogP contribution >= 0.6 is 11.6 Å². The van der Waals surface area contributed by atoms with Crippen molar-refractivity contribution in [1.29, 1.82) is 0 Å². The molecule has 0 saturated carbocycles. The molecule has 3 rings (SSSR count). The lowest BCUT2D eigenvalue weighted by molar-refractivity contribution is 0.254. The van der Waals surface area contributed by atoms with Gasteiger partial charge in [0.1, 0.15) is 17.6 Å². The van der Waals surface area contributed by atoms with E-state index in [1.165, 1.54) is 12.1 Å². The summed E-state index contributed by atoms with van der Waals surface area (Å²) in [5.74, 6) is 1.46. The monoisotopic (exact) mass is 381 g/mol. The van der Waals surface area contributed by atoms with Crippen LogP contribution in [-0.2, 0) is 23.0 Å². The van der Waals surface area contributed by atoms with Gasteiger partial charge in [-0.3, -0.25) is 0 Å². The normalized spacial score (nSPS) is 16.4. The minimum atomic E-state index is -3.67. The first-order valence-electron chi connectivity index (χ1n) is 8.09. The molecule has 25 heavy (non-hydrogen) atoms. The lowest BCUT2D eigenvalue weighted by Crippen LogP contribution is -2.23. The van der Waals surface area contributed by atoms with Crippen molar-refractivity contribution in [3.8, 4) is 11.5 Å². The first-order chi connectivity index (χ1) is 11.9. The third-order valence-corrected chi connectivity index (χ3v) is 5.57. The van der Waals surface area contributed by atoms with Crippen molar-refractivity contribution in [3.05, 3.63) is 52.5 Å². The molecule has 1 N–H and O–H groups in total. The van der Waals surface area contributed by atoms with E-state index in [2.05, 4.69) is 4.72 Å². The minimum absolute atomic E-state index is 0.106. The SMILES string of the molecule is CCOc1cc2c(cc1CNS(=O)(=O)c1cccc(Cl)c1)O[C@@H](C)C2. The number of benzene rings is 2. The van der Waals surface area contributed by atoms with E-state index in [-0.39, 0.29) is 17.5 Å². The predicted octanol–water partition coefficient (Wildman–Crippen LogP) is 3.54. The van der Waals surface area contributed by atoms with Gasteiger partial charge in [0, 0.05) is 29.1 Å². The number of halogens is 1. The fourth-order valence-electron chi connectivity index (χ4n) is 2.80. The highest BCUT2D eigenvalue weighted by molar-refractivity contribution is 7.89. The number of ether oxygens (including phenoxy) is 2. The Bertz CT molecular complexity index is 883. The molecule has 0 unspecified atom stereocenters. The van der Waals surface area contributed by atoms with Crippen LogP contribution in [0.4, 0.5) is 0 Å². The van der Waals surface area contributed by atoms with Crippen molar-refractivity contribution in [2.45, 2.75) is 37.8 Å². The molecule has 0 aromatic heterocycles. The van der Waals surface area contributed by atoms with E-state index in [4.69, 9.17) is 21.1 Å². The van der Waals surface area contributed by atoms with Crippen LogP contribution in [0, 0.1) is 0 Å². The van der Waals surface area contributed by atoms with E-state index in [9.17, 15) is 8.42 Å². The summed E-state index contributed by atoms with van der Waals surface area (Å²) < 4.78 is 39.0. The fourth-order valence-corrected chi connectivity index (χ4v) is 4.11. The summed E-state index contributed by atoms with van der Waals surface area (Å²) in [6, 6.07) is 9.95. The summed E-state index contributed by atoms with van der Waals surface area (Å²) >= 11 is 5.88. The van der Waals surface area contributed by atoms with Crippen LogP contribution in [0.25, 0.3) is 0 Å². The van der Waals surface area contributed by atoms with Gasteiger partial charge in [-0.05, 0) is 44.2 Å². The summed E-state index contributed by atoms with van der Waals surface area (Å²) in [7, 11) is -3.67. The van der Waals surface area contributed by atoms with Crippen molar-refractivity contribution < 1.29 is 17.9 Å². The first-order valence-corrected chi connectivity index (χ1v) is 9.95. The Hall–Kier alpha value is -1.76. The molecule has 134 valence electrons. The molecular formula is C18H20ClNO4S. The average Bonchev–Trinajstić information content (AvgIpc) is 2.92. The van der Waals surface area contributed by atoms with Gasteiger partial charge in [-0.15, -0.1) is 0 Å². The maximum absolute atomic E-state index is 12.5. The second kappa shape index (κ2) is 7.23. The Kier molecular flexibility index (Phi) is 5.22. The summed E-state index contributed by atoms with van der Waals surface area (Å²) in [5, 5.41) is 0.373. The van der Waals surface area contributed by atoms with Crippen LogP contribution in [0.15, 0.2) is 41.3 Å². The maximum atomic E-state index is 12.5. The van der Waals surface area contributed by atoms with Gasteiger partial charge in [0.25, 0.3) is 0 Å². The van der Waals surface area contributed by atoms with Gasteiger partial charge < -0.3 is 9.47 Å². The van der Waals surface area contributed by atoms with Crippen molar-refractivity contribution in [2.75, 3.05) is 6.61 Å². The predicted molar refractivity (Wildman–Crippen MR) is 96.9 cm³/mol. The highest BCUT2D eigenvalue weighted by Crippen LogP contribution is 2.35. The molecular weight excluding hydrogens is 362 g/mol. The molecule has 0 saturated heterocycles. The second-order valence-electron chi connectivity index (χ2n) is 5.92. The Labute approximate surface area is 153 Å². The highest BCUT2D eigenvalue weighted by atomic mass is 35.5. The molecule has 7 heteroatoms. The summed E-state index contributed by atoms with van der Waals surface area (Å²) in [4.78, 5) is 0.129. The summed E-state index contributed by atoms with van der Waals surface area (Å²) in [6.45, 7) is 4.51. The highest BCUT2D eigenvalue weighted by Gasteiger charge is 2.23. The van der Waals surface area contributed by atoms with Crippen molar-refractivity contribution >= 4 is 21.6 Å². The molecule has 0 amide bonds. The van der Waals surface area contributed by atoms with E-state index in [1.807, 2.05) is 26.0 Å². The zero-order valence-electron chi connectivity index (χ0n) is 14.1. The molecule has 1 atom stereocenters. The van der Waals surface area contributed by atoms with E-state index in [0.29, 0.717) is 17.4 Å². The number of sulfonamides is 1. The molecule has 0 radical (unpaired) electrons. The Morgan fingerprint density at radius 1 is 1.32 bits per heavy atom. The van der Waals surface area contributed by atoms with Crippen molar-refractivity contribution in [2.24, 2.45) is 0 Å². The number of rotatable bonds is 6. The molecule has 2 aromatic rings. The van der Waals surface area contributed by atoms with Crippen LogP contribution in [0.3, 0.4) is 0 Å². The first kappa shape index (κ1) is 18.0. The van der Waals surface area contributed by atoms with Gasteiger partial charge >= 0.3 is 0 Å². The van der Waals surface area contributed by atoms with Crippen LogP contribution in [-0.4, -0.2) is 21.1 Å². The third kappa shape index (κ3) is 4.08. The minimum Gasteiger partial charge on any atom is -0.494 e. The van der Waals surface area contributed by atoms with E-state index in [1.54, 1.807) is 12.1 Å². The van der Waals surface area contributed by atoms with Gasteiger partial charge in [-0.1, -0.05) is 17.7 Å². The molecule has 5 nitrogen and oxygen atoms in total. The molecule has 0 spiro atoms. The fraction of sp³-hybridized carbons (Fsp3) is 0.333.